The number of rotatable bonds is 5. The molecule has 5 nitrogen and oxygen atoms in total. The van der Waals surface area contributed by atoms with E-state index in [1.165, 1.54) is 16.8 Å². The van der Waals surface area contributed by atoms with Gasteiger partial charge in [0.05, 0.1) is 35.5 Å². The predicted octanol–water partition coefficient (Wildman–Crippen LogP) is 5.12. The van der Waals surface area contributed by atoms with Crippen LogP contribution in [-0.4, -0.2) is 22.6 Å². The van der Waals surface area contributed by atoms with Gasteiger partial charge in [-0.3, -0.25) is 14.9 Å². The number of halogens is 1. The molecule has 0 aliphatic rings. The molecule has 3 aromatic carbocycles. The average molecular weight is 401 g/mol. The topological polar surface area (TPSA) is 59.4 Å². The fourth-order valence-electron chi connectivity index (χ4n) is 3.26. The molecule has 0 spiro atoms. The Morgan fingerprint density at radius 2 is 1.63 bits per heavy atom. The van der Waals surface area contributed by atoms with E-state index in [0.29, 0.717) is 28.3 Å². The summed E-state index contributed by atoms with van der Waals surface area (Å²) in [6.45, 7) is 1.80. The van der Waals surface area contributed by atoms with Crippen LogP contribution in [0.15, 0.2) is 88.6 Å². The third-order valence-electron chi connectivity index (χ3n) is 4.77. The number of nitrogens with zero attached hydrogens (tertiary/aromatic N) is 2. The van der Waals surface area contributed by atoms with Crippen molar-refractivity contribution < 1.29 is 9.13 Å². The number of aliphatic imine (C=N–C) groups is 1. The van der Waals surface area contributed by atoms with E-state index in [-0.39, 0.29) is 11.4 Å². The van der Waals surface area contributed by atoms with Crippen molar-refractivity contribution in [2.45, 2.75) is 6.92 Å². The van der Waals surface area contributed by atoms with Gasteiger partial charge in [0, 0.05) is 5.56 Å². The number of ether oxygens (including phenoxy) is 1. The van der Waals surface area contributed by atoms with Gasteiger partial charge in [0.2, 0.25) is 0 Å². The van der Waals surface area contributed by atoms with Crippen molar-refractivity contribution in [2.24, 2.45) is 4.99 Å². The zero-order valence-corrected chi connectivity index (χ0v) is 16.6. The highest BCUT2D eigenvalue weighted by Crippen LogP contribution is 2.24. The molecule has 0 aliphatic carbocycles. The zero-order chi connectivity index (χ0) is 21.1. The summed E-state index contributed by atoms with van der Waals surface area (Å²) in [5.41, 5.74) is 3.54. The van der Waals surface area contributed by atoms with Crippen molar-refractivity contribution in [3.63, 3.8) is 0 Å². The summed E-state index contributed by atoms with van der Waals surface area (Å²) >= 11 is 0. The number of methoxy groups -OCH3 is 1. The predicted molar refractivity (Wildman–Crippen MR) is 117 cm³/mol. The molecule has 30 heavy (non-hydrogen) atoms. The number of H-pyrrole nitrogens is 1. The quantitative estimate of drug-likeness (QED) is 0.472. The molecule has 1 N–H and O–H groups in total. The number of hydrogen-bond acceptors (Lipinski definition) is 3. The maximum absolute atomic E-state index is 13.4. The maximum Gasteiger partial charge on any atom is 0.280 e. The van der Waals surface area contributed by atoms with Gasteiger partial charge in [-0.25, -0.2) is 9.07 Å². The number of aromatic amines is 1. The van der Waals surface area contributed by atoms with Crippen LogP contribution in [0.3, 0.4) is 0 Å². The highest BCUT2D eigenvalue weighted by atomic mass is 19.1. The van der Waals surface area contributed by atoms with E-state index in [1.807, 2.05) is 54.6 Å². The Hall–Kier alpha value is -3.93. The lowest BCUT2D eigenvalue weighted by Crippen LogP contribution is -2.19. The van der Waals surface area contributed by atoms with Crippen LogP contribution in [0.5, 0.6) is 5.75 Å². The molecule has 0 atom stereocenters. The summed E-state index contributed by atoms with van der Waals surface area (Å²) < 4.78 is 19.9. The molecule has 0 aliphatic heterocycles. The minimum absolute atomic E-state index is 0.254. The van der Waals surface area contributed by atoms with E-state index < -0.39 is 0 Å². The summed E-state index contributed by atoms with van der Waals surface area (Å²) in [4.78, 5) is 18.0. The van der Waals surface area contributed by atoms with E-state index in [2.05, 4.69) is 10.1 Å². The summed E-state index contributed by atoms with van der Waals surface area (Å²) in [5.74, 6) is 0.371. The van der Waals surface area contributed by atoms with Gasteiger partial charge in [0.15, 0.2) is 0 Å². The fraction of sp³-hybridized carbons (Fsp3) is 0.0833. The first-order valence-corrected chi connectivity index (χ1v) is 9.43. The van der Waals surface area contributed by atoms with Crippen LogP contribution < -0.4 is 10.3 Å². The van der Waals surface area contributed by atoms with Crippen LogP contribution in [0.4, 0.5) is 10.1 Å². The molecular formula is C24H20FN3O2. The molecule has 4 rings (SSSR count). The average Bonchev–Trinajstić information content (AvgIpc) is 3.12. The van der Waals surface area contributed by atoms with E-state index in [4.69, 9.17) is 4.74 Å². The van der Waals surface area contributed by atoms with E-state index in [9.17, 15) is 9.18 Å². The van der Waals surface area contributed by atoms with Gasteiger partial charge in [0.25, 0.3) is 5.56 Å². The second-order valence-corrected chi connectivity index (χ2v) is 6.74. The lowest BCUT2D eigenvalue weighted by Gasteiger charge is -2.04. The Bertz CT molecular complexity index is 1240. The molecule has 6 heteroatoms. The van der Waals surface area contributed by atoms with Gasteiger partial charge in [-0.2, -0.15) is 0 Å². The molecule has 0 saturated carbocycles. The monoisotopic (exact) mass is 401 g/mol. The Kier molecular flexibility index (Phi) is 5.30. The minimum Gasteiger partial charge on any atom is -0.497 e. The molecule has 1 heterocycles. The number of benzene rings is 3. The second-order valence-electron chi connectivity index (χ2n) is 6.74. The van der Waals surface area contributed by atoms with Crippen LogP contribution in [0.25, 0.3) is 16.9 Å². The summed E-state index contributed by atoms with van der Waals surface area (Å²) in [6, 6.07) is 22.6. The Labute approximate surface area is 173 Å². The molecule has 0 saturated heterocycles. The summed E-state index contributed by atoms with van der Waals surface area (Å²) in [5, 5.41) is 3.17. The fourth-order valence-corrected chi connectivity index (χ4v) is 3.26. The van der Waals surface area contributed by atoms with Gasteiger partial charge >= 0.3 is 0 Å². The van der Waals surface area contributed by atoms with Gasteiger partial charge in [-0.15, -0.1) is 0 Å². The first kappa shape index (κ1) is 19.4. The highest BCUT2D eigenvalue weighted by Gasteiger charge is 2.19. The van der Waals surface area contributed by atoms with Gasteiger partial charge in [-0.05, 0) is 55.5 Å². The van der Waals surface area contributed by atoms with E-state index >= 15 is 0 Å². The third-order valence-corrected chi connectivity index (χ3v) is 4.77. The van der Waals surface area contributed by atoms with Crippen molar-refractivity contribution in [2.75, 3.05) is 7.11 Å². The van der Waals surface area contributed by atoms with Crippen molar-refractivity contribution in [3.05, 3.63) is 101 Å². The normalized spacial score (nSPS) is 11.5. The molecule has 0 fully saturated rings. The van der Waals surface area contributed by atoms with Crippen LogP contribution in [0.2, 0.25) is 0 Å². The minimum atomic E-state index is -0.362. The molecular weight excluding hydrogens is 381 g/mol. The smallest absolute Gasteiger partial charge is 0.280 e. The SMILES string of the molecule is COc1ccc(N=C(C)c2c(-c3ccccc3)[nH]n(-c3ccc(F)cc3)c2=O)cc1. The maximum atomic E-state index is 13.4. The first-order chi connectivity index (χ1) is 14.6. The molecule has 0 unspecified atom stereocenters. The van der Waals surface area contributed by atoms with Crippen LogP contribution in [0.1, 0.15) is 12.5 Å². The van der Waals surface area contributed by atoms with Crippen molar-refractivity contribution in [3.8, 4) is 22.7 Å². The van der Waals surface area contributed by atoms with E-state index in [0.717, 1.165) is 11.3 Å². The molecule has 4 aromatic rings. The number of aromatic nitrogens is 2. The molecule has 1 aromatic heterocycles. The van der Waals surface area contributed by atoms with Gasteiger partial charge in [0.1, 0.15) is 11.6 Å². The van der Waals surface area contributed by atoms with Crippen molar-refractivity contribution >= 4 is 11.4 Å². The lowest BCUT2D eigenvalue weighted by molar-refractivity contribution is 0.415. The Morgan fingerprint density at radius 1 is 0.967 bits per heavy atom. The van der Waals surface area contributed by atoms with Crippen LogP contribution >= 0.6 is 0 Å². The zero-order valence-electron chi connectivity index (χ0n) is 16.6. The van der Waals surface area contributed by atoms with Crippen molar-refractivity contribution in [1.82, 2.24) is 9.78 Å². The van der Waals surface area contributed by atoms with E-state index in [1.54, 1.807) is 26.2 Å². The third kappa shape index (κ3) is 3.80. The highest BCUT2D eigenvalue weighted by molar-refractivity contribution is 6.04. The molecule has 0 amide bonds. The second kappa shape index (κ2) is 8.21. The van der Waals surface area contributed by atoms with Gasteiger partial charge in [-0.1, -0.05) is 30.3 Å². The standard InChI is InChI=1S/C24H20FN3O2/c1-16(26-19-10-14-21(30-2)15-11-19)22-23(17-6-4-3-5-7-17)27-28(24(22)29)20-12-8-18(25)9-13-20/h3-15,27H,1-2H3. The largest absolute Gasteiger partial charge is 0.497 e. The Balaban J connectivity index is 1.87. The molecule has 0 bridgehead atoms. The summed E-state index contributed by atoms with van der Waals surface area (Å²) in [7, 11) is 1.60. The van der Waals surface area contributed by atoms with Crippen LogP contribution in [-0.2, 0) is 0 Å². The first-order valence-electron chi connectivity index (χ1n) is 9.43. The Morgan fingerprint density at radius 3 is 2.27 bits per heavy atom. The number of nitrogens with one attached hydrogen (secondary N) is 1. The summed E-state index contributed by atoms with van der Waals surface area (Å²) in [6.07, 6.45) is 0. The number of hydrogen-bond donors (Lipinski definition) is 1. The van der Waals surface area contributed by atoms with Crippen molar-refractivity contribution in [1.29, 1.82) is 0 Å². The molecule has 150 valence electrons. The lowest BCUT2D eigenvalue weighted by atomic mass is 10.1. The van der Waals surface area contributed by atoms with Crippen LogP contribution in [0, 0.1) is 5.82 Å². The van der Waals surface area contributed by atoms with Gasteiger partial charge < -0.3 is 4.74 Å². The molecule has 0 radical (unpaired) electrons.